The zero-order valence-electron chi connectivity index (χ0n) is 11.6. The van der Waals surface area contributed by atoms with Crippen molar-refractivity contribution in [3.05, 3.63) is 15.9 Å². The maximum Gasteiger partial charge on any atom is 0.252 e. The van der Waals surface area contributed by atoms with Gasteiger partial charge in [-0.05, 0) is 60.2 Å². The fraction of sp³-hybridized carbons (Fsp3) is 0.692. The van der Waals surface area contributed by atoms with Crippen LogP contribution in [0.4, 0.5) is 0 Å². The molecule has 0 radical (unpaired) electrons. The largest absolute Gasteiger partial charge is 0.328 e. The first-order chi connectivity index (χ1) is 9.45. The number of hydrogen-bond donors (Lipinski definition) is 1. The molecule has 0 saturated heterocycles. The lowest BCUT2D eigenvalue weighted by atomic mass is 9.92. The number of sulfonamides is 1. The van der Waals surface area contributed by atoms with Crippen LogP contribution in [0.1, 0.15) is 39.0 Å². The standard InChI is InChI=1S/C13H21BrN2O2S2/c1-2-9-16(11-5-3-10(15)4-6-11)20(17,18)13-8-7-12(14)19-13/h7-8,10-11H,2-6,9,15H2,1H3. The molecule has 1 aromatic rings. The second kappa shape index (κ2) is 6.87. The maximum absolute atomic E-state index is 12.8. The summed E-state index contributed by atoms with van der Waals surface area (Å²) in [5, 5.41) is 0. The van der Waals surface area contributed by atoms with Crippen LogP contribution in [0.5, 0.6) is 0 Å². The van der Waals surface area contributed by atoms with Crippen molar-refractivity contribution in [2.45, 2.75) is 55.3 Å². The normalized spacial score (nSPS) is 24.2. The molecule has 2 rings (SSSR count). The van der Waals surface area contributed by atoms with E-state index in [1.54, 1.807) is 16.4 Å². The summed E-state index contributed by atoms with van der Waals surface area (Å²) in [7, 11) is -3.38. The Bertz CT molecular complexity index is 536. The van der Waals surface area contributed by atoms with E-state index in [4.69, 9.17) is 5.73 Å². The summed E-state index contributed by atoms with van der Waals surface area (Å²) < 4.78 is 28.6. The molecule has 2 N–H and O–H groups in total. The molecule has 1 heterocycles. The number of hydrogen-bond acceptors (Lipinski definition) is 4. The van der Waals surface area contributed by atoms with E-state index < -0.39 is 10.0 Å². The minimum Gasteiger partial charge on any atom is -0.328 e. The van der Waals surface area contributed by atoms with Gasteiger partial charge < -0.3 is 5.73 Å². The van der Waals surface area contributed by atoms with Gasteiger partial charge in [0.05, 0.1) is 3.79 Å². The highest BCUT2D eigenvalue weighted by molar-refractivity contribution is 9.11. The molecule has 20 heavy (non-hydrogen) atoms. The van der Waals surface area contributed by atoms with Gasteiger partial charge in [-0.25, -0.2) is 8.42 Å². The fourth-order valence-corrected chi connectivity index (χ4v) is 6.58. The highest BCUT2D eigenvalue weighted by atomic mass is 79.9. The number of halogens is 1. The van der Waals surface area contributed by atoms with E-state index in [1.165, 1.54) is 11.3 Å². The summed E-state index contributed by atoms with van der Waals surface area (Å²) in [6.07, 6.45) is 4.39. The van der Waals surface area contributed by atoms with Gasteiger partial charge in [0.2, 0.25) is 0 Å². The summed E-state index contributed by atoms with van der Waals surface area (Å²) in [6.45, 7) is 2.60. The first kappa shape index (κ1) is 16.4. The van der Waals surface area contributed by atoms with Crippen molar-refractivity contribution in [3.63, 3.8) is 0 Å². The van der Waals surface area contributed by atoms with Crippen molar-refractivity contribution in [2.24, 2.45) is 5.73 Å². The Hall–Kier alpha value is 0.0500. The second-order valence-corrected chi connectivity index (χ2v) is 9.82. The van der Waals surface area contributed by atoms with Crippen LogP contribution in [-0.4, -0.2) is 31.4 Å². The lowest BCUT2D eigenvalue weighted by Gasteiger charge is -2.34. The van der Waals surface area contributed by atoms with E-state index in [9.17, 15) is 8.42 Å². The van der Waals surface area contributed by atoms with Crippen molar-refractivity contribution in [1.29, 1.82) is 0 Å². The molecule has 1 aliphatic carbocycles. The Morgan fingerprint density at radius 3 is 2.50 bits per heavy atom. The molecule has 0 unspecified atom stereocenters. The third-order valence-electron chi connectivity index (χ3n) is 3.70. The molecule has 0 aromatic carbocycles. The molecular weight excluding hydrogens is 360 g/mol. The summed E-state index contributed by atoms with van der Waals surface area (Å²) >= 11 is 4.61. The Morgan fingerprint density at radius 2 is 2.00 bits per heavy atom. The van der Waals surface area contributed by atoms with Gasteiger partial charge in [-0.15, -0.1) is 11.3 Å². The van der Waals surface area contributed by atoms with Gasteiger partial charge in [0, 0.05) is 18.6 Å². The van der Waals surface area contributed by atoms with Gasteiger partial charge in [0.15, 0.2) is 0 Å². The van der Waals surface area contributed by atoms with Crippen LogP contribution in [0.15, 0.2) is 20.1 Å². The van der Waals surface area contributed by atoms with Crippen LogP contribution in [0, 0.1) is 0 Å². The highest BCUT2D eigenvalue weighted by Crippen LogP contribution is 2.32. The Morgan fingerprint density at radius 1 is 1.35 bits per heavy atom. The maximum atomic E-state index is 12.8. The molecule has 1 saturated carbocycles. The van der Waals surface area contributed by atoms with Gasteiger partial charge in [0.1, 0.15) is 4.21 Å². The molecule has 0 spiro atoms. The van der Waals surface area contributed by atoms with E-state index in [0.717, 1.165) is 35.9 Å². The van der Waals surface area contributed by atoms with E-state index in [1.807, 2.05) is 6.92 Å². The fourth-order valence-electron chi connectivity index (χ4n) is 2.66. The highest BCUT2D eigenvalue weighted by Gasteiger charge is 2.33. The topological polar surface area (TPSA) is 63.4 Å². The number of nitrogens with two attached hydrogens (primary N) is 1. The van der Waals surface area contributed by atoms with Crippen molar-refractivity contribution >= 4 is 37.3 Å². The summed E-state index contributed by atoms with van der Waals surface area (Å²) in [6, 6.07) is 3.80. The third kappa shape index (κ3) is 3.62. The smallest absolute Gasteiger partial charge is 0.252 e. The molecule has 0 atom stereocenters. The first-order valence-corrected chi connectivity index (χ1v) is 10.0. The lowest BCUT2D eigenvalue weighted by molar-refractivity contribution is 0.240. The predicted octanol–water partition coefficient (Wildman–Crippen LogP) is 3.18. The SMILES string of the molecule is CCCN(C1CCC(N)CC1)S(=O)(=O)c1ccc(Br)s1. The van der Waals surface area contributed by atoms with Gasteiger partial charge in [0.25, 0.3) is 10.0 Å². The molecule has 1 aromatic heterocycles. The number of thiophene rings is 1. The lowest BCUT2D eigenvalue weighted by Crippen LogP contribution is -2.44. The van der Waals surface area contributed by atoms with Crippen molar-refractivity contribution in [2.75, 3.05) is 6.54 Å². The Balaban J connectivity index is 2.23. The minimum absolute atomic E-state index is 0.0978. The van der Waals surface area contributed by atoms with Crippen molar-refractivity contribution in [1.82, 2.24) is 4.31 Å². The van der Waals surface area contributed by atoms with E-state index in [-0.39, 0.29) is 12.1 Å². The van der Waals surface area contributed by atoms with E-state index >= 15 is 0 Å². The van der Waals surface area contributed by atoms with Crippen LogP contribution in [0.2, 0.25) is 0 Å². The Kier molecular flexibility index (Phi) is 5.64. The zero-order valence-corrected chi connectivity index (χ0v) is 14.8. The number of nitrogens with zero attached hydrogens (tertiary/aromatic N) is 1. The predicted molar refractivity (Wildman–Crippen MR) is 86.4 cm³/mol. The van der Waals surface area contributed by atoms with Crippen molar-refractivity contribution in [3.8, 4) is 0 Å². The zero-order chi connectivity index (χ0) is 14.8. The molecule has 0 amide bonds. The minimum atomic E-state index is -3.38. The molecule has 4 nitrogen and oxygen atoms in total. The van der Waals surface area contributed by atoms with E-state index in [2.05, 4.69) is 15.9 Å². The summed E-state index contributed by atoms with van der Waals surface area (Å²) in [5.74, 6) is 0. The summed E-state index contributed by atoms with van der Waals surface area (Å²) in [5.41, 5.74) is 5.92. The molecular formula is C13H21BrN2O2S2. The van der Waals surface area contributed by atoms with E-state index in [0.29, 0.717) is 10.8 Å². The average molecular weight is 381 g/mol. The molecule has 1 aliphatic rings. The van der Waals surface area contributed by atoms with Gasteiger partial charge in [-0.3, -0.25) is 0 Å². The van der Waals surface area contributed by atoms with Crippen LogP contribution in [0.25, 0.3) is 0 Å². The second-order valence-electron chi connectivity index (χ2n) is 5.24. The monoisotopic (exact) mass is 380 g/mol. The molecule has 0 bridgehead atoms. The van der Waals surface area contributed by atoms with Gasteiger partial charge in [-0.1, -0.05) is 6.92 Å². The van der Waals surface area contributed by atoms with Crippen LogP contribution in [-0.2, 0) is 10.0 Å². The molecule has 0 aliphatic heterocycles. The first-order valence-electron chi connectivity index (χ1n) is 6.98. The third-order valence-corrected chi connectivity index (χ3v) is 7.75. The van der Waals surface area contributed by atoms with Crippen LogP contribution in [0.3, 0.4) is 0 Å². The van der Waals surface area contributed by atoms with Gasteiger partial charge >= 0.3 is 0 Å². The number of rotatable bonds is 5. The quantitative estimate of drug-likeness (QED) is 0.852. The molecule has 114 valence electrons. The molecule has 7 heteroatoms. The van der Waals surface area contributed by atoms with Gasteiger partial charge in [-0.2, -0.15) is 4.31 Å². The summed E-state index contributed by atoms with van der Waals surface area (Å²) in [4.78, 5) is 0. The van der Waals surface area contributed by atoms with Crippen molar-refractivity contribution < 1.29 is 8.42 Å². The average Bonchev–Trinajstić information content (AvgIpc) is 2.84. The van der Waals surface area contributed by atoms with Crippen LogP contribution < -0.4 is 5.73 Å². The Labute approximate surface area is 133 Å². The van der Waals surface area contributed by atoms with Crippen LogP contribution >= 0.6 is 27.3 Å². The molecule has 1 fully saturated rings.